The topological polar surface area (TPSA) is 80.1 Å². The minimum Gasteiger partial charge on any atom is -0.348 e. The number of hydrogen-bond donors (Lipinski definition) is 1. The van der Waals surface area contributed by atoms with Gasteiger partial charge < -0.3 is 10.2 Å². The molecule has 0 spiro atoms. The summed E-state index contributed by atoms with van der Waals surface area (Å²) in [5.74, 6) is -0.341. The van der Waals surface area contributed by atoms with E-state index in [1.54, 1.807) is 29.3 Å². The molecule has 7 heteroatoms. The molecular formula is C26H25N5O2. The van der Waals surface area contributed by atoms with Gasteiger partial charge in [-0.05, 0) is 44.5 Å². The summed E-state index contributed by atoms with van der Waals surface area (Å²) in [5, 5.41) is 8.21. The monoisotopic (exact) mass is 439 g/mol. The molecular weight excluding hydrogens is 414 g/mol. The van der Waals surface area contributed by atoms with Crippen molar-refractivity contribution in [3.8, 4) is 0 Å². The molecule has 33 heavy (non-hydrogen) atoms. The number of hydrogen-bond acceptors (Lipinski definition) is 4. The molecule has 0 fully saturated rings. The van der Waals surface area contributed by atoms with E-state index in [4.69, 9.17) is 4.98 Å². The van der Waals surface area contributed by atoms with E-state index in [0.29, 0.717) is 40.9 Å². The predicted octanol–water partition coefficient (Wildman–Crippen LogP) is 3.88. The molecule has 1 atom stereocenters. The fourth-order valence-corrected chi connectivity index (χ4v) is 4.29. The van der Waals surface area contributed by atoms with Crippen LogP contribution < -0.4 is 10.2 Å². The van der Waals surface area contributed by atoms with Gasteiger partial charge in [-0.2, -0.15) is 5.10 Å². The summed E-state index contributed by atoms with van der Waals surface area (Å²) in [6, 6.07) is 17.1. The highest BCUT2D eigenvalue weighted by Crippen LogP contribution is 2.28. The van der Waals surface area contributed by atoms with Crippen molar-refractivity contribution in [1.82, 2.24) is 20.1 Å². The Kier molecular flexibility index (Phi) is 5.17. The molecule has 4 aromatic rings. The molecule has 1 aliphatic heterocycles. The molecule has 166 valence electrons. The molecule has 1 unspecified atom stereocenters. The number of fused-ring (bicyclic) bond motifs is 2. The van der Waals surface area contributed by atoms with Gasteiger partial charge in [0, 0.05) is 18.3 Å². The van der Waals surface area contributed by atoms with E-state index in [-0.39, 0.29) is 17.9 Å². The number of carbonyl (C=O) groups is 2. The molecule has 2 aromatic carbocycles. The van der Waals surface area contributed by atoms with Gasteiger partial charge >= 0.3 is 0 Å². The summed E-state index contributed by atoms with van der Waals surface area (Å²) in [7, 11) is 0. The summed E-state index contributed by atoms with van der Waals surface area (Å²) in [6.07, 6.45) is 1.71. The lowest BCUT2D eigenvalue weighted by Gasteiger charge is -2.24. The summed E-state index contributed by atoms with van der Waals surface area (Å²) < 4.78 is 1.83. The summed E-state index contributed by atoms with van der Waals surface area (Å²) >= 11 is 0. The average Bonchev–Trinajstić information content (AvgIpc) is 3.14. The largest absolute Gasteiger partial charge is 0.348 e. The number of amides is 2. The maximum absolute atomic E-state index is 13.9. The molecule has 0 saturated heterocycles. The summed E-state index contributed by atoms with van der Waals surface area (Å²) in [5.41, 5.74) is 5.36. The van der Waals surface area contributed by atoms with E-state index in [1.807, 2.05) is 30.7 Å². The minimum absolute atomic E-state index is 0.170. The maximum atomic E-state index is 13.9. The smallest absolute Gasteiger partial charge is 0.259 e. The van der Waals surface area contributed by atoms with Crippen molar-refractivity contribution < 1.29 is 9.59 Å². The van der Waals surface area contributed by atoms with Crippen LogP contribution in [0.1, 0.15) is 44.5 Å². The van der Waals surface area contributed by atoms with Crippen molar-refractivity contribution in [1.29, 1.82) is 0 Å². The Bertz CT molecular complexity index is 1370. The first-order chi connectivity index (χ1) is 15.9. The number of para-hydroxylation sites is 1. The molecule has 2 amide bonds. The predicted molar refractivity (Wildman–Crippen MR) is 128 cm³/mol. The first-order valence-corrected chi connectivity index (χ1v) is 11.0. The number of aromatic nitrogens is 3. The van der Waals surface area contributed by atoms with Crippen LogP contribution in [0.15, 0.2) is 60.8 Å². The van der Waals surface area contributed by atoms with Gasteiger partial charge in [0.2, 0.25) is 0 Å². The zero-order valence-corrected chi connectivity index (χ0v) is 18.9. The van der Waals surface area contributed by atoms with E-state index in [0.717, 1.165) is 11.3 Å². The third kappa shape index (κ3) is 3.86. The van der Waals surface area contributed by atoms with Gasteiger partial charge in [0.05, 0.1) is 34.9 Å². The standard InChI is InChI=1S/C26H25N5O2/c1-16-8-10-19(11-9-16)15-31-24-22(13-27-31)21(12-17(2)28-24)26(33)30-14-18(3)29-25(32)20-6-4-5-7-23(20)30/h4-13,18H,14-15H2,1-3H3,(H,29,32). The van der Waals surface area contributed by atoms with Gasteiger partial charge in [0.1, 0.15) is 0 Å². The molecule has 3 heterocycles. The molecule has 1 N–H and O–H groups in total. The quantitative estimate of drug-likeness (QED) is 0.525. The van der Waals surface area contributed by atoms with Crippen molar-refractivity contribution >= 4 is 28.5 Å². The van der Waals surface area contributed by atoms with Crippen LogP contribution in [0.5, 0.6) is 0 Å². The molecule has 0 bridgehead atoms. The van der Waals surface area contributed by atoms with Crippen LogP contribution in [0, 0.1) is 13.8 Å². The Balaban J connectivity index is 1.58. The van der Waals surface area contributed by atoms with Gasteiger partial charge in [-0.15, -0.1) is 0 Å². The van der Waals surface area contributed by atoms with Gasteiger partial charge in [0.15, 0.2) is 5.65 Å². The number of nitrogens with zero attached hydrogens (tertiary/aromatic N) is 4. The molecule has 0 aliphatic carbocycles. The number of aryl methyl sites for hydroxylation is 2. The lowest BCUT2D eigenvalue weighted by Crippen LogP contribution is -2.41. The number of benzene rings is 2. The SMILES string of the molecule is Cc1ccc(Cn2ncc3c(C(=O)N4CC(C)NC(=O)c5ccccc54)cc(C)nc32)cc1. The number of nitrogens with one attached hydrogen (secondary N) is 1. The van der Waals surface area contributed by atoms with Gasteiger partial charge in [-0.1, -0.05) is 42.0 Å². The zero-order chi connectivity index (χ0) is 23.1. The number of rotatable bonds is 3. The van der Waals surface area contributed by atoms with Crippen LogP contribution in [-0.4, -0.2) is 39.2 Å². The van der Waals surface area contributed by atoms with E-state index >= 15 is 0 Å². The fourth-order valence-electron chi connectivity index (χ4n) is 4.29. The highest BCUT2D eigenvalue weighted by molar-refractivity contribution is 6.16. The Hall–Kier alpha value is -4.00. The summed E-state index contributed by atoms with van der Waals surface area (Å²) in [4.78, 5) is 32.8. The lowest BCUT2D eigenvalue weighted by molar-refractivity contribution is 0.0939. The molecule has 0 saturated carbocycles. The Labute approximate surface area is 192 Å². The van der Waals surface area contributed by atoms with E-state index in [9.17, 15) is 9.59 Å². The van der Waals surface area contributed by atoms with Crippen LogP contribution in [0.3, 0.4) is 0 Å². The van der Waals surface area contributed by atoms with Crippen molar-refractivity contribution in [2.75, 3.05) is 11.4 Å². The third-order valence-corrected chi connectivity index (χ3v) is 5.94. The van der Waals surface area contributed by atoms with E-state index < -0.39 is 0 Å². The minimum atomic E-state index is -0.184. The normalized spacial score (nSPS) is 15.8. The van der Waals surface area contributed by atoms with Crippen LogP contribution in [-0.2, 0) is 6.54 Å². The van der Waals surface area contributed by atoms with Crippen molar-refractivity contribution in [2.24, 2.45) is 0 Å². The first-order valence-electron chi connectivity index (χ1n) is 11.0. The second-order valence-corrected chi connectivity index (χ2v) is 8.64. The number of pyridine rings is 1. The van der Waals surface area contributed by atoms with Crippen molar-refractivity contribution in [2.45, 2.75) is 33.4 Å². The Morgan fingerprint density at radius 1 is 1.12 bits per heavy atom. The number of carbonyl (C=O) groups excluding carboxylic acids is 2. The van der Waals surface area contributed by atoms with Crippen LogP contribution in [0.2, 0.25) is 0 Å². The second kappa shape index (κ2) is 8.16. The average molecular weight is 440 g/mol. The highest BCUT2D eigenvalue weighted by atomic mass is 16.2. The lowest BCUT2D eigenvalue weighted by atomic mass is 10.1. The van der Waals surface area contributed by atoms with Crippen molar-refractivity contribution in [3.05, 3.63) is 88.7 Å². The molecule has 1 aliphatic rings. The molecule has 2 aromatic heterocycles. The maximum Gasteiger partial charge on any atom is 0.259 e. The second-order valence-electron chi connectivity index (χ2n) is 8.64. The molecule has 0 radical (unpaired) electrons. The fraction of sp³-hybridized carbons (Fsp3) is 0.231. The summed E-state index contributed by atoms with van der Waals surface area (Å²) in [6.45, 7) is 6.78. The van der Waals surface area contributed by atoms with E-state index in [1.165, 1.54) is 5.56 Å². The van der Waals surface area contributed by atoms with Crippen LogP contribution in [0.4, 0.5) is 5.69 Å². The van der Waals surface area contributed by atoms with Gasteiger partial charge in [-0.25, -0.2) is 9.67 Å². The Morgan fingerprint density at radius 3 is 2.67 bits per heavy atom. The first kappa shape index (κ1) is 20.9. The molecule has 7 nitrogen and oxygen atoms in total. The molecule has 5 rings (SSSR count). The van der Waals surface area contributed by atoms with Gasteiger partial charge in [0.25, 0.3) is 11.8 Å². The van der Waals surface area contributed by atoms with Gasteiger partial charge in [-0.3, -0.25) is 9.59 Å². The Morgan fingerprint density at radius 2 is 1.88 bits per heavy atom. The zero-order valence-electron chi connectivity index (χ0n) is 18.9. The van der Waals surface area contributed by atoms with E-state index in [2.05, 4.69) is 41.6 Å². The van der Waals surface area contributed by atoms with Crippen LogP contribution >= 0.6 is 0 Å². The van der Waals surface area contributed by atoms with Crippen LogP contribution in [0.25, 0.3) is 11.0 Å². The number of anilines is 1. The van der Waals surface area contributed by atoms with Crippen molar-refractivity contribution in [3.63, 3.8) is 0 Å². The highest BCUT2D eigenvalue weighted by Gasteiger charge is 2.30. The third-order valence-electron chi connectivity index (χ3n) is 5.94.